The van der Waals surface area contributed by atoms with Crippen LogP contribution in [0.4, 0.5) is 5.69 Å². The van der Waals surface area contributed by atoms with Crippen molar-refractivity contribution < 1.29 is 9.59 Å². The summed E-state index contributed by atoms with van der Waals surface area (Å²) in [5, 5.41) is 2.85. The molecule has 0 bridgehead atoms. The molecule has 0 atom stereocenters. The lowest BCUT2D eigenvalue weighted by atomic mass is 10.1. The number of nitrogens with one attached hydrogen (secondary N) is 1. The number of carbonyl (C=O) groups excluding carboxylic acids is 2. The van der Waals surface area contributed by atoms with Gasteiger partial charge in [0, 0.05) is 41.8 Å². The molecular formula is C22H23N5O2. The van der Waals surface area contributed by atoms with Crippen LogP contribution in [0.3, 0.4) is 0 Å². The summed E-state index contributed by atoms with van der Waals surface area (Å²) in [5.41, 5.74) is 14.8. The Morgan fingerprint density at radius 3 is 2.17 bits per heavy atom. The van der Waals surface area contributed by atoms with E-state index < -0.39 is 5.91 Å². The molecule has 3 rings (SSSR count). The number of hydrogen-bond acceptors (Lipinski definition) is 5. The topological polar surface area (TPSA) is 124 Å². The molecule has 1 heterocycles. The summed E-state index contributed by atoms with van der Waals surface area (Å²) in [4.78, 5) is 29.7. The number of hydrogen-bond donors (Lipinski definition) is 3. The summed E-state index contributed by atoms with van der Waals surface area (Å²) in [6.07, 6.45) is 7.42. The highest BCUT2D eigenvalue weighted by molar-refractivity contribution is 6.04. The van der Waals surface area contributed by atoms with Gasteiger partial charge in [-0.2, -0.15) is 0 Å². The van der Waals surface area contributed by atoms with E-state index >= 15 is 0 Å². The van der Waals surface area contributed by atoms with E-state index in [0.29, 0.717) is 12.1 Å². The molecule has 0 unspecified atom stereocenters. The average molecular weight is 389 g/mol. The number of primary amides is 1. The molecule has 7 nitrogen and oxygen atoms in total. The second-order valence-electron chi connectivity index (χ2n) is 6.13. The van der Waals surface area contributed by atoms with Crippen LogP contribution in [0, 0.1) is 6.92 Å². The number of carbonyl (C=O) groups is 2. The predicted molar refractivity (Wildman–Crippen MR) is 114 cm³/mol. The Bertz CT molecular complexity index is 953. The third-order valence-electron chi connectivity index (χ3n) is 3.78. The van der Waals surface area contributed by atoms with Crippen molar-refractivity contribution in [2.45, 2.75) is 13.5 Å². The summed E-state index contributed by atoms with van der Waals surface area (Å²) in [6.45, 7) is 2.50. The van der Waals surface area contributed by atoms with Crippen LogP contribution in [-0.2, 0) is 11.3 Å². The van der Waals surface area contributed by atoms with Crippen LogP contribution >= 0.6 is 0 Å². The molecular weight excluding hydrogens is 366 g/mol. The molecule has 1 aromatic heterocycles. The fourth-order valence-electron chi connectivity index (χ4n) is 2.21. The monoisotopic (exact) mass is 389 g/mol. The molecule has 7 heteroatoms. The van der Waals surface area contributed by atoms with Gasteiger partial charge in [0.05, 0.1) is 0 Å². The zero-order valence-corrected chi connectivity index (χ0v) is 16.1. The van der Waals surface area contributed by atoms with E-state index in [0.717, 1.165) is 22.4 Å². The van der Waals surface area contributed by atoms with Crippen LogP contribution in [0.15, 0.2) is 73.3 Å². The van der Waals surface area contributed by atoms with Gasteiger partial charge in [-0.1, -0.05) is 29.8 Å². The molecule has 0 spiro atoms. The maximum atomic E-state index is 11.9. The normalized spacial score (nSPS) is 10.1. The van der Waals surface area contributed by atoms with E-state index in [1.165, 1.54) is 12.4 Å². The van der Waals surface area contributed by atoms with Crippen LogP contribution in [-0.4, -0.2) is 21.8 Å². The lowest BCUT2D eigenvalue weighted by Crippen LogP contribution is -2.11. The van der Waals surface area contributed by atoms with Gasteiger partial charge in [-0.3, -0.25) is 9.59 Å². The van der Waals surface area contributed by atoms with Crippen LogP contribution < -0.4 is 16.8 Å². The molecule has 0 fully saturated rings. The molecule has 0 aliphatic carbocycles. The summed E-state index contributed by atoms with van der Waals surface area (Å²) in [5.74, 6) is -0.579. The number of nitrogens with two attached hydrogens (primary N) is 2. The van der Waals surface area contributed by atoms with Gasteiger partial charge >= 0.3 is 0 Å². The van der Waals surface area contributed by atoms with Crippen molar-refractivity contribution in [1.82, 2.24) is 9.97 Å². The van der Waals surface area contributed by atoms with E-state index in [2.05, 4.69) is 15.3 Å². The summed E-state index contributed by atoms with van der Waals surface area (Å²) < 4.78 is 0. The minimum absolute atomic E-state index is 0.101. The molecule has 3 aromatic rings. The standard InChI is InChI=1S/C15H16N2O.C7H7N3O/c1-11-2-6-13(7-3-11)15(18)17-14-8-4-12(10-16)5-9-14;8-7(11)2-1-6-3-9-5-10-4-6/h2-9H,10,16H2,1H3,(H,17,18);1-5H,(H2,8,11). The van der Waals surface area contributed by atoms with Crippen LogP contribution in [0.1, 0.15) is 27.0 Å². The van der Waals surface area contributed by atoms with Gasteiger partial charge in [0.1, 0.15) is 6.33 Å². The molecule has 0 saturated heterocycles. The average Bonchev–Trinajstić information content (AvgIpc) is 2.74. The first-order valence-corrected chi connectivity index (χ1v) is 8.87. The second kappa shape index (κ2) is 11.1. The highest BCUT2D eigenvalue weighted by atomic mass is 16.1. The zero-order chi connectivity index (χ0) is 21.1. The molecule has 5 N–H and O–H groups in total. The fourth-order valence-corrected chi connectivity index (χ4v) is 2.21. The number of rotatable bonds is 5. The van der Waals surface area contributed by atoms with Crippen LogP contribution in [0.25, 0.3) is 6.08 Å². The van der Waals surface area contributed by atoms with Crippen LogP contribution in [0.5, 0.6) is 0 Å². The van der Waals surface area contributed by atoms with Crippen molar-refractivity contribution >= 4 is 23.6 Å². The van der Waals surface area contributed by atoms with E-state index in [1.54, 1.807) is 18.5 Å². The molecule has 0 aliphatic rings. The van der Waals surface area contributed by atoms with Crippen molar-refractivity contribution in [3.05, 3.63) is 95.6 Å². The van der Waals surface area contributed by atoms with Gasteiger partial charge in [-0.15, -0.1) is 0 Å². The Labute approximate surface area is 169 Å². The Balaban J connectivity index is 0.000000234. The van der Waals surface area contributed by atoms with Crippen LogP contribution in [0.2, 0.25) is 0 Å². The van der Waals surface area contributed by atoms with Crippen molar-refractivity contribution in [1.29, 1.82) is 0 Å². The number of anilines is 1. The highest BCUT2D eigenvalue weighted by Crippen LogP contribution is 2.11. The van der Waals surface area contributed by atoms with Gasteiger partial charge in [0.2, 0.25) is 5.91 Å². The minimum atomic E-state index is -0.478. The zero-order valence-electron chi connectivity index (χ0n) is 16.1. The lowest BCUT2D eigenvalue weighted by Gasteiger charge is -2.06. The Hall–Kier alpha value is -3.84. The third-order valence-corrected chi connectivity index (χ3v) is 3.78. The SMILES string of the molecule is Cc1ccc(C(=O)Nc2ccc(CN)cc2)cc1.NC(=O)C=Cc1cncnc1. The maximum absolute atomic E-state index is 11.9. The molecule has 0 saturated carbocycles. The van der Waals surface area contributed by atoms with Gasteiger partial charge in [0.15, 0.2) is 0 Å². The minimum Gasteiger partial charge on any atom is -0.366 e. The maximum Gasteiger partial charge on any atom is 0.255 e. The number of benzene rings is 2. The molecule has 29 heavy (non-hydrogen) atoms. The quantitative estimate of drug-likeness (QED) is 0.579. The van der Waals surface area contributed by atoms with Gasteiger partial charge in [-0.05, 0) is 42.8 Å². The lowest BCUT2D eigenvalue weighted by molar-refractivity contribution is -0.113. The Kier molecular flexibility index (Phi) is 8.22. The Morgan fingerprint density at radius 2 is 1.62 bits per heavy atom. The second-order valence-corrected chi connectivity index (χ2v) is 6.13. The van der Waals surface area contributed by atoms with Gasteiger partial charge in [-0.25, -0.2) is 9.97 Å². The largest absolute Gasteiger partial charge is 0.366 e. The van der Waals surface area contributed by atoms with E-state index in [9.17, 15) is 9.59 Å². The first kappa shape index (κ1) is 21.5. The summed E-state index contributed by atoms with van der Waals surface area (Å²) in [7, 11) is 0. The third kappa shape index (κ3) is 7.74. The van der Waals surface area contributed by atoms with Crippen molar-refractivity contribution in [3.63, 3.8) is 0 Å². The first-order valence-electron chi connectivity index (χ1n) is 8.87. The fraction of sp³-hybridized carbons (Fsp3) is 0.0909. The number of aromatic nitrogens is 2. The molecule has 2 aromatic carbocycles. The Morgan fingerprint density at radius 1 is 1.00 bits per heavy atom. The molecule has 148 valence electrons. The molecule has 0 aliphatic heterocycles. The molecule has 0 radical (unpaired) electrons. The summed E-state index contributed by atoms with van der Waals surface area (Å²) in [6, 6.07) is 15.0. The van der Waals surface area contributed by atoms with Gasteiger partial charge in [0.25, 0.3) is 5.91 Å². The highest BCUT2D eigenvalue weighted by Gasteiger charge is 2.05. The summed E-state index contributed by atoms with van der Waals surface area (Å²) >= 11 is 0. The van der Waals surface area contributed by atoms with Crippen molar-refractivity contribution in [3.8, 4) is 0 Å². The van der Waals surface area contributed by atoms with Crippen molar-refractivity contribution in [2.24, 2.45) is 11.5 Å². The van der Waals surface area contributed by atoms with E-state index in [-0.39, 0.29) is 5.91 Å². The molecule has 2 amide bonds. The smallest absolute Gasteiger partial charge is 0.255 e. The van der Waals surface area contributed by atoms with Crippen molar-refractivity contribution in [2.75, 3.05) is 5.32 Å². The van der Waals surface area contributed by atoms with E-state index in [1.807, 2.05) is 55.5 Å². The van der Waals surface area contributed by atoms with Gasteiger partial charge < -0.3 is 16.8 Å². The number of aryl methyl sites for hydroxylation is 1. The van der Waals surface area contributed by atoms with E-state index in [4.69, 9.17) is 11.5 Å². The number of nitrogens with zero attached hydrogens (tertiary/aromatic N) is 2. The first-order chi connectivity index (χ1) is 14.0. The predicted octanol–water partition coefficient (Wildman–Crippen LogP) is 2.68. The number of amides is 2.